The van der Waals surface area contributed by atoms with E-state index < -0.39 is 42.7 Å². The summed E-state index contributed by atoms with van der Waals surface area (Å²) in [6, 6.07) is 5.34. The maximum absolute atomic E-state index is 13.8. The highest BCUT2D eigenvalue weighted by atomic mass is 79.9. The number of nitrogens with one attached hydrogen (secondary N) is 2. The summed E-state index contributed by atoms with van der Waals surface area (Å²) in [4.78, 5) is 24.2. The molecule has 2 rings (SSSR count). The molecule has 2 unspecified atom stereocenters. The van der Waals surface area contributed by atoms with Crippen molar-refractivity contribution in [2.45, 2.75) is 31.2 Å². The van der Waals surface area contributed by atoms with Gasteiger partial charge >= 0.3 is 12.4 Å². The first-order valence-corrected chi connectivity index (χ1v) is 12.6. The zero-order valence-electron chi connectivity index (χ0n) is 18.0. The van der Waals surface area contributed by atoms with E-state index in [0.717, 1.165) is 6.08 Å². The molecule has 2 amide bonds. The summed E-state index contributed by atoms with van der Waals surface area (Å²) in [6.45, 7) is -0.334. The van der Waals surface area contributed by atoms with E-state index in [0.29, 0.717) is 5.56 Å². The van der Waals surface area contributed by atoms with Gasteiger partial charge < -0.3 is 10.6 Å². The molecule has 0 heterocycles. The third-order valence-electron chi connectivity index (χ3n) is 4.64. The maximum atomic E-state index is 13.8. The molecule has 36 heavy (non-hydrogen) atoms. The molecule has 0 aliphatic rings. The fourth-order valence-electron chi connectivity index (χ4n) is 2.87. The summed E-state index contributed by atoms with van der Waals surface area (Å²) in [7, 11) is 0. The first kappa shape index (κ1) is 30.7. The molecule has 0 aromatic heterocycles. The molecule has 0 radical (unpaired) electrons. The van der Waals surface area contributed by atoms with Crippen LogP contribution in [-0.4, -0.2) is 36.8 Å². The number of alkyl halides is 6. The van der Waals surface area contributed by atoms with Gasteiger partial charge in [-0.2, -0.15) is 26.3 Å². The molecule has 0 saturated heterocycles. The quantitative estimate of drug-likeness (QED) is 0.226. The van der Waals surface area contributed by atoms with Crippen molar-refractivity contribution in [3.63, 3.8) is 0 Å². The van der Waals surface area contributed by atoms with Gasteiger partial charge in [0, 0.05) is 13.4 Å². The van der Waals surface area contributed by atoms with E-state index in [-0.39, 0.29) is 29.6 Å². The average Bonchev–Trinajstić information content (AvgIpc) is 2.74. The van der Waals surface area contributed by atoms with Crippen molar-refractivity contribution in [2.24, 2.45) is 0 Å². The van der Waals surface area contributed by atoms with Gasteiger partial charge in [0.1, 0.15) is 12.6 Å². The molecule has 14 heteroatoms. The van der Waals surface area contributed by atoms with E-state index in [2.05, 4.69) is 53.1 Å². The van der Waals surface area contributed by atoms with Crippen molar-refractivity contribution in [1.29, 1.82) is 0 Å². The minimum absolute atomic E-state index is 0.0283. The first-order valence-electron chi connectivity index (χ1n) is 9.84. The highest BCUT2D eigenvalue weighted by Crippen LogP contribution is 2.41. The second-order valence-corrected chi connectivity index (χ2v) is 10.4. The Bertz CT molecular complexity index is 1150. The van der Waals surface area contributed by atoms with Crippen molar-refractivity contribution >= 4 is 77.3 Å². The lowest BCUT2D eigenvalue weighted by atomic mass is 9.97. The number of allylic oxidation sites excluding steroid dienone is 1. The molecule has 2 aromatic carbocycles. The number of hydrogen-bond acceptors (Lipinski definition) is 2. The van der Waals surface area contributed by atoms with Crippen molar-refractivity contribution < 1.29 is 35.9 Å². The number of rotatable bonds is 7. The molecule has 0 saturated carbocycles. The number of carbonyl (C=O) groups is 2. The summed E-state index contributed by atoms with van der Waals surface area (Å²) in [5.41, 5.74) is 0.297. The van der Waals surface area contributed by atoms with Gasteiger partial charge in [0.05, 0.1) is 16.5 Å². The average molecular weight is 730 g/mol. The molecule has 0 bridgehead atoms. The third kappa shape index (κ3) is 8.77. The molecule has 2 atom stereocenters. The van der Waals surface area contributed by atoms with Gasteiger partial charge in [-0.15, -0.1) is 0 Å². The van der Waals surface area contributed by atoms with Crippen LogP contribution in [0.5, 0.6) is 0 Å². The number of carbonyl (C=O) groups excluding carboxylic acids is 2. The largest absolute Gasteiger partial charge is 0.405 e. The second-order valence-electron chi connectivity index (χ2n) is 7.44. The molecule has 2 N–H and O–H groups in total. The van der Waals surface area contributed by atoms with Crippen LogP contribution in [0.2, 0.25) is 5.02 Å². The molecule has 2 aromatic rings. The van der Waals surface area contributed by atoms with Crippen molar-refractivity contribution in [3.05, 3.63) is 71.5 Å². The normalized spacial score (nSPS) is 14.0. The lowest BCUT2D eigenvalue weighted by Crippen LogP contribution is -2.47. The summed E-state index contributed by atoms with van der Waals surface area (Å²) in [6.07, 6.45) is -7.02. The second kappa shape index (κ2) is 12.3. The lowest BCUT2D eigenvalue weighted by Gasteiger charge is -2.18. The van der Waals surface area contributed by atoms with Gasteiger partial charge in [-0.1, -0.05) is 29.8 Å². The Morgan fingerprint density at radius 3 is 2.08 bits per heavy atom. The van der Waals surface area contributed by atoms with Crippen LogP contribution in [0, 0.1) is 0 Å². The number of hydrogen-bond donors (Lipinski definition) is 2. The number of halogens is 10. The van der Waals surface area contributed by atoms with Gasteiger partial charge in [0.25, 0.3) is 5.91 Å². The van der Waals surface area contributed by atoms with E-state index >= 15 is 0 Å². The van der Waals surface area contributed by atoms with Crippen LogP contribution >= 0.6 is 59.4 Å². The minimum Gasteiger partial charge on any atom is -0.345 e. The minimum atomic E-state index is -4.61. The summed E-state index contributed by atoms with van der Waals surface area (Å²) in [5.74, 6) is -3.76. The van der Waals surface area contributed by atoms with E-state index in [1.54, 1.807) is 5.32 Å². The highest BCUT2D eigenvalue weighted by Gasteiger charge is 2.39. The number of benzene rings is 2. The molecule has 4 nitrogen and oxygen atoms in total. The molecular weight excluding hydrogens is 713 g/mol. The molecule has 0 aliphatic carbocycles. The molecule has 0 spiro atoms. The monoisotopic (exact) mass is 726 g/mol. The SMILES string of the molecule is CC(NC(=O)c1ccc(C=CC(c2cc(Br)c(Cl)c(Br)c2)C(F)(F)F)cc1Br)C(=O)NCC(F)(F)F. The molecule has 0 fully saturated rings. The van der Waals surface area contributed by atoms with Crippen molar-refractivity contribution in [2.75, 3.05) is 6.54 Å². The molecular formula is C22H16Br3ClF6N2O2. The summed E-state index contributed by atoms with van der Waals surface area (Å²) < 4.78 is 78.8. The van der Waals surface area contributed by atoms with Crippen LogP contribution < -0.4 is 10.6 Å². The number of amides is 2. The van der Waals surface area contributed by atoms with E-state index in [4.69, 9.17) is 11.6 Å². The lowest BCUT2D eigenvalue weighted by molar-refractivity contribution is -0.139. The van der Waals surface area contributed by atoms with Crippen LogP contribution in [0.15, 0.2) is 49.8 Å². The van der Waals surface area contributed by atoms with Crippen LogP contribution in [0.25, 0.3) is 6.08 Å². The van der Waals surface area contributed by atoms with Gasteiger partial charge in [-0.05, 0) is 90.1 Å². The highest BCUT2D eigenvalue weighted by molar-refractivity contribution is 9.11. The standard InChI is InChI=1S/C22H16Br3ClF6N2O2/c1-10(19(35)33-9-21(27,28)29)34-20(36)13-4-2-11(6-15(13)23)3-5-14(22(30,31)32)12-7-16(24)18(26)17(25)8-12/h2-8,10,14H,9H2,1H3,(H,33,35)(H,34,36). The third-order valence-corrected chi connectivity index (χ3v) is 7.41. The predicted molar refractivity (Wildman–Crippen MR) is 135 cm³/mol. The Hall–Kier alpha value is -1.57. The Labute approximate surface area is 232 Å². The first-order chi connectivity index (χ1) is 16.5. The fourth-order valence-corrected chi connectivity index (χ4v) is 4.78. The Kier molecular flexibility index (Phi) is 10.5. The zero-order chi connectivity index (χ0) is 27.4. The Morgan fingerprint density at radius 1 is 1.00 bits per heavy atom. The van der Waals surface area contributed by atoms with E-state index in [1.165, 1.54) is 43.3 Å². The predicted octanol–water partition coefficient (Wildman–Crippen LogP) is 7.78. The van der Waals surface area contributed by atoms with E-state index in [9.17, 15) is 35.9 Å². The van der Waals surface area contributed by atoms with Gasteiger partial charge in [0.2, 0.25) is 5.91 Å². The van der Waals surface area contributed by atoms with Crippen LogP contribution in [0.1, 0.15) is 34.3 Å². The topological polar surface area (TPSA) is 58.2 Å². The fraction of sp³-hybridized carbons (Fsp3) is 0.273. The van der Waals surface area contributed by atoms with Gasteiger partial charge in [-0.3, -0.25) is 9.59 Å². The summed E-state index contributed by atoms with van der Waals surface area (Å²) >= 11 is 15.4. The summed E-state index contributed by atoms with van der Waals surface area (Å²) in [5, 5.41) is 4.16. The Balaban J connectivity index is 2.19. The van der Waals surface area contributed by atoms with Gasteiger partial charge in [0.15, 0.2) is 0 Å². The smallest absolute Gasteiger partial charge is 0.345 e. The maximum Gasteiger partial charge on any atom is 0.405 e. The van der Waals surface area contributed by atoms with E-state index in [1.807, 2.05) is 0 Å². The van der Waals surface area contributed by atoms with Crippen LogP contribution in [0.3, 0.4) is 0 Å². The van der Waals surface area contributed by atoms with Crippen molar-refractivity contribution in [3.8, 4) is 0 Å². The molecule has 196 valence electrons. The molecule has 0 aliphatic heterocycles. The zero-order valence-corrected chi connectivity index (χ0v) is 23.5. The Morgan fingerprint density at radius 2 is 1.58 bits per heavy atom. The van der Waals surface area contributed by atoms with Crippen LogP contribution in [0.4, 0.5) is 26.3 Å². The van der Waals surface area contributed by atoms with Crippen molar-refractivity contribution in [1.82, 2.24) is 10.6 Å². The van der Waals surface area contributed by atoms with Crippen LogP contribution in [-0.2, 0) is 4.79 Å². The van der Waals surface area contributed by atoms with Gasteiger partial charge in [-0.25, -0.2) is 0 Å².